The molecule has 26 heavy (non-hydrogen) atoms. The zero-order chi connectivity index (χ0) is 18.8. The highest BCUT2D eigenvalue weighted by Crippen LogP contribution is 2.41. The summed E-state index contributed by atoms with van der Waals surface area (Å²) in [6, 6.07) is 0.884. The number of aromatic nitrogens is 2. The van der Waals surface area contributed by atoms with E-state index in [1.807, 2.05) is 4.90 Å². The minimum Gasteiger partial charge on any atom is -0.383 e. The molecule has 3 heterocycles. The van der Waals surface area contributed by atoms with Crippen LogP contribution < -0.4 is 4.90 Å². The maximum Gasteiger partial charge on any atom is 0.433 e. The van der Waals surface area contributed by atoms with Gasteiger partial charge >= 0.3 is 6.18 Å². The number of nitrogens with zero attached hydrogens (tertiary/aromatic N) is 4. The highest BCUT2D eigenvalue weighted by molar-refractivity contribution is 5.77. The van der Waals surface area contributed by atoms with E-state index in [4.69, 9.17) is 4.74 Å². The maximum atomic E-state index is 12.8. The Morgan fingerprint density at radius 3 is 2.65 bits per heavy atom. The van der Waals surface area contributed by atoms with Gasteiger partial charge in [0.15, 0.2) is 0 Å². The Hall–Kier alpha value is -1.90. The average molecular weight is 372 g/mol. The molecule has 0 N–H and O–H groups in total. The summed E-state index contributed by atoms with van der Waals surface area (Å²) in [4.78, 5) is 23.4. The number of methoxy groups -OCH3 is 1. The summed E-state index contributed by atoms with van der Waals surface area (Å²) in [7, 11) is 1.61. The number of halogens is 3. The van der Waals surface area contributed by atoms with Gasteiger partial charge in [-0.05, 0) is 30.7 Å². The van der Waals surface area contributed by atoms with Crippen LogP contribution >= 0.6 is 0 Å². The van der Waals surface area contributed by atoms with Crippen LogP contribution in [0.3, 0.4) is 0 Å². The Bertz CT molecular complexity index is 645. The minimum absolute atomic E-state index is 0.0276. The molecule has 1 aromatic rings. The van der Waals surface area contributed by atoms with Gasteiger partial charge in [0, 0.05) is 45.9 Å². The smallest absolute Gasteiger partial charge is 0.383 e. The Kier molecular flexibility index (Phi) is 5.36. The molecule has 2 saturated heterocycles. The summed E-state index contributed by atoms with van der Waals surface area (Å²) in [6.07, 6.45) is -0.356. The Labute approximate surface area is 150 Å². The van der Waals surface area contributed by atoms with Crippen molar-refractivity contribution in [3.8, 4) is 0 Å². The molecule has 6 nitrogen and oxygen atoms in total. The second kappa shape index (κ2) is 7.38. The highest BCUT2D eigenvalue weighted by Gasteiger charge is 2.41. The number of rotatable bonds is 4. The van der Waals surface area contributed by atoms with Gasteiger partial charge in [0.2, 0.25) is 11.9 Å². The monoisotopic (exact) mass is 372 g/mol. The fourth-order valence-electron chi connectivity index (χ4n) is 3.76. The molecule has 1 aromatic heterocycles. The highest BCUT2D eigenvalue weighted by atomic mass is 19.4. The zero-order valence-corrected chi connectivity index (χ0v) is 14.8. The molecule has 0 atom stereocenters. The predicted octanol–water partition coefficient (Wildman–Crippen LogP) is 2.35. The van der Waals surface area contributed by atoms with E-state index in [0.29, 0.717) is 39.2 Å². The van der Waals surface area contributed by atoms with Crippen molar-refractivity contribution in [3.05, 3.63) is 18.0 Å². The molecule has 3 rings (SSSR count). The van der Waals surface area contributed by atoms with E-state index in [9.17, 15) is 18.0 Å². The van der Waals surface area contributed by atoms with Crippen LogP contribution in [0, 0.1) is 5.41 Å². The first-order valence-corrected chi connectivity index (χ1v) is 8.75. The Morgan fingerprint density at radius 2 is 2.00 bits per heavy atom. The van der Waals surface area contributed by atoms with Crippen LogP contribution in [0.15, 0.2) is 12.3 Å². The SMILES string of the molecule is COCCN1CC2(CCC1=O)CCN(c1nccc(C(F)(F)F)n1)CC2. The summed E-state index contributed by atoms with van der Waals surface area (Å²) in [6.45, 7) is 2.96. The van der Waals surface area contributed by atoms with Gasteiger partial charge in [0.25, 0.3) is 0 Å². The fourth-order valence-corrected chi connectivity index (χ4v) is 3.76. The lowest BCUT2D eigenvalue weighted by Gasteiger charge is -2.47. The van der Waals surface area contributed by atoms with Crippen molar-refractivity contribution in [1.29, 1.82) is 0 Å². The Balaban J connectivity index is 1.64. The normalized spacial score (nSPS) is 20.7. The third kappa shape index (κ3) is 4.08. The van der Waals surface area contributed by atoms with Crippen molar-refractivity contribution in [3.63, 3.8) is 0 Å². The number of carbonyl (C=O) groups is 1. The number of ether oxygens (including phenoxy) is 1. The van der Waals surface area contributed by atoms with Crippen molar-refractivity contribution >= 4 is 11.9 Å². The third-order valence-corrected chi connectivity index (χ3v) is 5.35. The standard InChI is InChI=1S/C17H23F3N4O2/c1-26-11-10-24-12-16(4-2-14(24)25)5-8-23(9-6-16)15-21-7-3-13(22-15)17(18,19)20/h3,7H,2,4-6,8-12H2,1H3. The molecule has 144 valence electrons. The van der Waals surface area contributed by atoms with E-state index in [1.54, 1.807) is 12.0 Å². The van der Waals surface area contributed by atoms with Crippen LogP contribution in [-0.4, -0.2) is 60.7 Å². The molecule has 0 saturated carbocycles. The molecule has 0 aliphatic carbocycles. The van der Waals surface area contributed by atoms with Crippen molar-refractivity contribution in [2.45, 2.75) is 31.9 Å². The van der Waals surface area contributed by atoms with Crippen LogP contribution in [-0.2, 0) is 15.7 Å². The molecule has 1 spiro atoms. The third-order valence-electron chi connectivity index (χ3n) is 5.35. The number of carbonyl (C=O) groups excluding carboxylic acids is 1. The lowest BCUT2D eigenvalue weighted by molar-refractivity contribution is -0.141. The molecule has 2 aliphatic rings. The number of likely N-dealkylation sites (tertiary alicyclic amines) is 1. The molecule has 0 bridgehead atoms. The van der Waals surface area contributed by atoms with Gasteiger partial charge in [0.05, 0.1) is 6.61 Å². The van der Waals surface area contributed by atoms with Crippen LogP contribution in [0.2, 0.25) is 0 Å². The number of alkyl halides is 3. The van der Waals surface area contributed by atoms with E-state index in [-0.39, 0.29) is 17.3 Å². The van der Waals surface area contributed by atoms with Gasteiger partial charge < -0.3 is 14.5 Å². The quantitative estimate of drug-likeness (QED) is 0.812. The van der Waals surface area contributed by atoms with E-state index in [0.717, 1.165) is 31.5 Å². The summed E-state index contributed by atoms with van der Waals surface area (Å²) in [5.41, 5.74) is -0.892. The number of amides is 1. The summed E-state index contributed by atoms with van der Waals surface area (Å²) in [5, 5.41) is 0. The van der Waals surface area contributed by atoms with Gasteiger partial charge in [-0.3, -0.25) is 4.79 Å². The van der Waals surface area contributed by atoms with Crippen molar-refractivity contribution in [2.75, 3.05) is 44.8 Å². The molecule has 0 aromatic carbocycles. The van der Waals surface area contributed by atoms with Crippen LogP contribution in [0.4, 0.5) is 19.1 Å². The predicted molar refractivity (Wildman–Crippen MR) is 88.6 cm³/mol. The van der Waals surface area contributed by atoms with Crippen molar-refractivity contribution in [1.82, 2.24) is 14.9 Å². The molecule has 2 aliphatic heterocycles. The summed E-state index contributed by atoms with van der Waals surface area (Å²) < 4.78 is 43.6. The second-order valence-electron chi connectivity index (χ2n) is 7.03. The first-order chi connectivity index (χ1) is 12.3. The van der Waals surface area contributed by atoms with Crippen molar-refractivity contribution in [2.24, 2.45) is 5.41 Å². The van der Waals surface area contributed by atoms with Gasteiger partial charge in [-0.1, -0.05) is 0 Å². The van der Waals surface area contributed by atoms with E-state index >= 15 is 0 Å². The molecule has 0 unspecified atom stereocenters. The lowest BCUT2D eigenvalue weighted by Crippen LogP contribution is -2.52. The lowest BCUT2D eigenvalue weighted by atomic mass is 9.72. The number of piperidine rings is 2. The van der Waals surface area contributed by atoms with Gasteiger partial charge in [-0.2, -0.15) is 13.2 Å². The van der Waals surface area contributed by atoms with Crippen LogP contribution in [0.1, 0.15) is 31.4 Å². The molecular formula is C17H23F3N4O2. The Morgan fingerprint density at radius 1 is 1.27 bits per heavy atom. The topological polar surface area (TPSA) is 58.6 Å². The zero-order valence-electron chi connectivity index (χ0n) is 14.8. The van der Waals surface area contributed by atoms with E-state index in [1.165, 1.54) is 0 Å². The van der Waals surface area contributed by atoms with Crippen LogP contribution in [0.25, 0.3) is 0 Å². The number of hydrogen-bond acceptors (Lipinski definition) is 5. The first kappa shape index (κ1) is 18.9. The van der Waals surface area contributed by atoms with Gasteiger partial charge in [0.1, 0.15) is 5.69 Å². The van der Waals surface area contributed by atoms with E-state index < -0.39 is 11.9 Å². The maximum absolute atomic E-state index is 12.8. The molecular weight excluding hydrogens is 349 g/mol. The largest absolute Gasteiger partial charge is 0.433 e. The minimum atomic E-state index is -4.47. The van der Waals surface area contributed by atoms with E-state index in [2.05, 4.69) is 9.97 Å². The molecule has 0 radical (unpaired) electrons. The second-order valence-corrected chi connectivity index (χ2v) is 7.03. The first-order valence-electron chi connectivity index (χ1n) is 8.75. The number of anilines is 1. The number of hydrogen-bond donors (Lipinski definition) is 0. The fraction of sp³-hybridized carbons (Fsp3) is 0.706. The average Bonchev–Trinajstić information content (AvgIpc) is 2.63. The van der Waals surface area contributed by atoms with Crippen LogP contribution in [0.5, 0.6) is 0 Å². The summed E-state index contributed by atoms with van der Waals surface area (Å²) >= 11 is 0. The summed E-state index contributed by atoms with van der Waals surface area (Å²) in [5.74, 6) is 0.272. The van der Waals surface area contributed by atoms with Gasteiger partial charge in [-0.15, -0.1) is 0 Å². The molecule has 9 heteroatoms. The molecule has 1 amide bonds. The molecule has 2 fully saturated rings. The van der Waals surface area contributed by atoms with Crippen molar-refractivity contribution < 1.29 is 22.7 Å². The van der Waals surface area contributed by atoms with Gasteiger partial charge in [-0.25, -0.2) is 9.97 Å².